The summed E-state index contributed by atoms with van der Waals surface area (Å²) in [4.78, 5) is 2.50. The molecule has 13 rings (SSSR count). The first-order valence-electron chi connectivity index (χ1n) is 23.3. The van der Waals surface area contributed by atoms with Gasteiger partial charge in [-0.1, -0.05) is 226 Å². The maximum atomic E-state index is 2.52. The molecule has 0 aromatic heterocycles. The molecule has 0 heterocycles. The molecule has 0 N–H and O–H groups in total. The van der Waals surface area contributed by atoms with Gasteiger partial charge in [0.25, 0.3) is 0 Å². The van der Waals surface area contributed by atoms with Gasteiger partial charge in [-0.05, 0) is 125 Å². The Bertz CT molecular complexity index is 3400. The summed E-state index contributed by atoms with van der Waals surface area (Å²) in [7, 11) is 0. The van der Waals surface area contributed by atoms with Crippen molar-refractivity contribution in [3.63, 3.8) is 0 Å². The van der Waals surface area contributed by atoms with Crippen molar-refractivity contribution in [3.05, 3.63) is 304 Å². The molecule has 0 bridgehead atoms. The van der Waals surface area contributed by atoms with Crippen LogP contribution in [0.3, 0.4) is 0 Å². The van der Waals surface area contributed by atoms with E-state index in [2.05, 4.69) is 267 Å². The second-order valence-electron chi connectivity index (χ2n) is 18.7. The van der Waals surface area contributed by atoms with Crippen molar-refractivity contribution in [2.45, 2.75) is 30.1 Å². The molecule has 0 atom stereocenters. The van der Waals surface area contributed by atoms with Crippen LogP contribution in [0.1, 0.15) is 69.5 Å². The molecule has 1 nitrogen and oxygen atoms in total. The van der Waals surface area contributed by atoms with E-state index in [1.54, 1.807) is 0 Å². The number of nitrogens with zero attached hydrogens (tertiary/aromatic N) is 1. The lowest BCUT2D eigenvalue weighted by atomic mass is 9.55. The molecule has 0 aliphatic heterocycles. The quantitative estimate of drug-likeness (QED) is 0.161. The molecule has 0 unspecified atom stereocenters. The van der Waals surface area contributed by atoms with Gasteiger partial charge in [0.15, 0.2) is 0 Å². The Labute approximate surface area is 388 Å². The highest BCUT2D eigenvalue weighted by molar-refractivity contribution is 5.93. The van der Waals surface area contributed by atoms with Crippen LogP contribution in [0.2, 0.25) is 0 Å². The van der Waals surface area contributed by atoms with E-state index in [1.165, 1.54) is 89.0 Å². The number of benzene rings is 10. The van der Waals surface area contributed by atoms with Gasteiger partial charge in [-0.25, -0.2) is 0 Å². The van der Waals surface area contributed by atoms with Gasteiger partial charge in [-0.15, -0.1) is 0 Å². The third-order valence-electron chi connectivity index (χ3n) is 15.2. The Balaban J connectivity index is 1.09. The summed E-state index contributed by atoms with van der Waals surface area (Å²) in [6, 6.07) is 93.2. The Morgan fingerprint density at radius 2 is 0.606 bits per heavy atom. The largest absolute Gasteiger partial charge is 0.310 e. The molecule has 3 aliphatic carbocycles. The van der Waals surface area contributed by atoms with Crippen LogP contribution in [0.15, 0.2) is 249 Å². The zero-order valence-corrected chi connectivity index (χ0v) is 37.1. The average Bonchev–Trinajstić information content (AvgIpc) is 3.85. The van der Waals surface area contributed by atoms with Gasteiger partial charge in [0, 0.05) is 22.5 Å². The van der Waals surface area contributed by atoms with Crippen molar-refractivity contribution in [2.75, 3.05) is 4.90 Å². The van der Waals surface area contributed by atoms with Crippen LogP contribution in [-0.4, -0.2) is 0 Å². The topological polar surface area (TPSA) is 3.24 Å². The third kappa shape index (κ3) is 5.23. The summed E-state index contributed by atoms with van der Waals surface area (Å²) >= 11 is 0. The molecular formula is C65H47N. The molecule has 0 radical (unpaired) electrons. The van der Waals surface area contributed by atoms with Crippen LogP contribution in [0, 0.1) is 0 Å². The Kier molecular flexibility index (Phi) is 8.45. The summed E-state index contributed by atoms with van der Waals surface area (Å²) in [6.07, 6.45) is 0. The van der Waals surface area contributed by atoms with Gasteiger partial charge in [0.05, 0.1) is 10.8 Å². The van der Waals surface area contributed by atoms with Crippen LogP contribution in [0.4, 0.5) is 17.1 Å². The molecule has 66 heavy (non-hydrogen) atoms. The van der Waals surface area contributed by atoms with E-state index < -0.39 is 10.8 Å². The summed E-state index contributed by atoms with van der Waals surface area (Å²) in [5.41, 5.74) is 22.9. The highest BCUT2D eigenvalue weighted by Gasteiger charge is 2.53. The summed E-state index contributed by atoms with van der Waals surface area (Å²) in [5.74, 6) is 0. The van der Waals surface area contributed by atoms with Gasteiger partial charge in [0.2, 0.25) is 0 Å². The summed E-state index contributed by atoms with van der Waals surface area (Å²) in [5, 5.41) is 0. The third-order valence-corrected chi connectivity index (χ3v) is 15.2. The minimum atomic E-state index is -0.529. The zero-order chi connectivity index (χ0) is 44.0. The number of anilines is 3. The van der Waals surface area contributed by atoms with Crippen molar-refractivity contribution in [1.29, 1.82) is 0 Å². The van der Waals surface area contributed by atoms with Crippen molar-refractivity contribution < 1.29 is 0 Å². The lowest BCUT2D eigenvalue weighted by molar-refractivity contribution is 0.563. The number of fused-ring (bicyclic) bond motifs is 12. The average molecular weight is 842 g/mol. The van der Waals surface area contributed by atoms with E-state index in [1.807, 2.05) is 0 Å². The fourth-order valence-corrected chi connectivity index (χ4v) is 12.4. The first-order valence-corrected chi connectivity index (χ1v) is 23.3. The van der Waals surface area contributed by atoms with Crippen LogP contribution < -0.4 is 4.90 Å². The first kappa shape index (κ1) is 38.5. The second kappa shape index (κ2) is 14.5. The number of rotatable bonds is 6. The van der Waals surface area contributed by atoms with Gasteiger partial charge < -0.3 is 4.90 Å². The Morgan fingerprint density at radius 1 is 0.258 bits per heavy atom. The summed E-state index contributed by atoms with van der Waals surface area (Å²) < 4.78 is 0. The molecule has 0 fully saturated rings. The predicted molar refractivity (Wildman–Crippen MR) is 273 cm³/mol. The monoisotopic (exact) mass is 841 g/mol. The van der Waals surface area contributed by atoms with Crippen molar-refractivity contribution in [1.82, 2.24) is 0 Å². The second-order valence-corrected chi connectivity index (χ2v) is 18.7. The van der Waals surface area contributed by atoms with Crippen molar-refractivity contribution in [3.8, 4) is 33.4 Å². The molecule has 1 spiro atoms. The summed E-state index contributed by atoms with van der Waals surface area (Å²) in [6.45, 7) is 4.79. The van der Waals surface area contributed by atoms with Crippen LogP contribution >= 0.6 is 0 Å². The van der Waals surface area contributed by atoms with Gasteiger partial charge >= 0.3 is 0 Å². The minimum Gasteiger partial charge on any atom is -0.310 e. The highest BCUT2D eigenvalue weighted by Crippen LogP contribution is 2.63. The van der Waals surface area contributed by atoms with Crippen LogP contribution in [-0.2, 0) is 16.2 Å². The highest BCUT2D eigenvalue weighted by atomic mass is 15.1. The molecule has 1 heteroatoms. The van der Waals surface area contributed by atoms with Crippen molar-refractivity contribution >= 4 is 17.1 Å². The van der Waals surface area contributed by atoms with Crippen LogP contribution in [0.5, 0.6) is 0 Å². The maximum Gasteiger partial charge on any atom is 0.0720 e. The fourth-order valence-electron chi connectivity index (χ4n) is 12.4. The molecule has 0 saturated carbocycles. The first-order chi connectivity index (χ1) is 32.5. The van der Waals surface area contributed by atoms with E-state index in [0.717, 1.165) is 17.1 Å². The molecule has 0 saturated heterocycles. The van der Waals surface area contributed by atoms with E-state index >= 15 is 0 Å². The fraction of sp³-hybridized carbons (Fsp3) is 0.0769. The Hall–Kier alpha value is -8.00. The minimum absolute atomic E-state index is 0.174. The van der Waals surface area contributed by atoms with Gasteiger partial charge in [-0.2, -0.15) is 0 Å². The molecular weight excluding hydrogens is 795 g/mol. The molecule has 10 aromatic carbocycles. The van der Waals surface area contributed by atoms with Crippen LogP contribution in [0.25, 0.3) is 33.4 Å². The lowest BCUT2D eigenvalue weighted by Gasteiger charge is -2.46. The zero-order valence-electron chi connectivity index (χ0n) is 37.1. The Morgan fingerprint density at radius 3 is 1.11 bits per heavy atom. The maximum absolute atomic E-state index is 2.52. The molecule has 10 aromatic rings. The van der Waals surface area contributed by atoms with E-state index in [-0.39, 0.29) is 5.41 Å². The normalized spacial score (nSPS) is 14.9. The van der Waals surface area contributed by atoms with Crippen molar-refractivity contribution in [2.24, 2.45) is 0 Å². The van der Waals surface area contributed by atoms with E-state index in [4.69, 9.17) is 0 Å². The molecule has 312 valence electrons. The lowest BCUT2D eigenvalue weighted by Crippen LogP contribution is -2.40. The predicted octanol–water partition coefficient (Wildman–Crippen LogP) is 16.2. The van der Waals surface area contributed by atoms with Gasteiger partial charge in [0.1, 0.15) is 0 Å². The molecule has 3 aliphatic rings. The smallest absolute Gasteiger partial charge is 0.0720 e. The number of hydrogen-bond donors (Lipinski definition) is 0. The standard InChI is InChI=1S/C65H47N/c1-63(2)57-30-16-18-32-59(57)65(60-33-19-17-31-58(60)63)56-29-15-13-27-52(56)54-41-39-50(43-62(54)65)66(48-36-34-45(35-37-48)44-20-6-3-7-21-44)49-38-40-53-51-26-12-14-28-55(51)64(61(53)42-49,46-22-8-4-9-23-46)47-24-10-5-11-25-47/h3-43H,1-2H3. The van der Waals surface area contributed by atoms with E-state index in [9.17, 15) is 0 Å². The van der Waals surface area contributed by atoms with E-state index in [0.29, 0.717) is 0 Å². The molecule has 0 amide bonds. The SMILES string of the molecule is CC1(C)c2ccccc2C2(c3ccccc3-c3ccc(N(c4ccc(-c5ccccc5)cc4)c4ccc5c(c4)C(c4ccccc4)(c4ccccc4)c4ccccc4-5)cc32)c2ccccc21. The number of hydrogen-bond acceptors (Lipinski definition) is 1. The van der Waals surface area contributed by atoms with Gasteiger partial charge in [-0.3, -0.25) is 0 Å².